The quantitative estimate of drug-likeness (QED) is 0.154. The molecule has 146 valence electrons. The molecule has 0 amide bonds. The van der Waals surface area contributed by atoms with Gasteiger partial charge in [0.05, 0.1) is 0 Å². The lowest BCUT2D eigenvalue weighted by atomic mass is 10.9. The maximum absolute atomic E-state index is 4.23. The fourth-order valence-corrected chi connectivity index (χ4v) is 9.22. The summed E-state index contributed by atoms with van der Waals surface area (Å²) in [4.78, 5) is 0. The van der Waals surface area contributed by atoms with E-state index in [0.717, 1.165) is 5.75 Å². The van der Waals surface area contributed by atoms with Crippen molar-refractivity contribution < 1.29 is 0 Å². The average molecular weight is 483 g/mol. The normalized spacial score (nSPS) is 11.2. The lowest BCUT2D eigenvalue weighted by molar-refractivity contribution is 1.44. The van der Waals surface area contributed by atoms with Crippen molar-refractivity contribution in [2.75, 3.05) is 86.3 Å². The molecule has 0 radical (unpaired) electrons. The Bertz CT molecular complexity index is 196. The molecule has 0 aromatic carbocycles. The highest BCUT2D eigenvalue weighted by Crippen LogP contribution is 2.14. The summed E-state index contributed by atoms with van der Waals surface area (Å²) in [6.45, 7) is 2.24. The summed E-state index contributed by atoms with van der Waals surface area (Å²) in [5, 5.41) is 0. The predicted octanol–water partition coefficient (Wildman–Crippen LogP) is 6.07. The van der Waals surface area contributed by atoms with Crippen LogP contribution < -0.4 is 0 Å². The summed E-state index contributed by atoms with van der Waals surface area (Å²) < 4.78 is 0. The number of rotatable bonds is 21. The van der Waals surface area contributed by atoms with E-state index in [-0.39, 0.29) is 0 Å². The van der Waals surface area contributed by atoms with Crippen LogP contribution >= 0.6 is 95.0 Å². The van der Waals surface area contributed by atoms with Crippen molar-refractivity contribution in [2.45, 2.75) is 6.92 Å². The molecule has 8 heteroatoms. The van der Waals surface area contributed by atoms with Crippen LogP contribution in [0.25, 0.3) is 0 Å². The standard InChI is InChI=1S/C16H34S8/c1-2-18-5-6-20-9-10-22-13-14-24-16-15-23-12-11-21-8-7-19-4-3-17/h17H,2-16H2,1H3. The molecule has 0 bridgehead atoms. The van der Waals surface area contributed by atoms with Gasteiger partial charge in [0.25, 0.3) is 0 Å². The third kappa shape index (κ3) is 24.8. The molecule has 0 saturated heterocycles. The fraction of sp³-hybridized carbons (Fsp3) is 1.00. The van der Waals surface area contributed by atoms with Crippen LogP contribution in [0, 0.1) is 0 Å². The smallest absolute Gasteiger partial charge is 0.00238 e. The summed E-state index contributed by atoms with van der Waals surface area (Å²) in [5.41, 5.74) is 0. The van der Waals surface area contributed by atoms with Crippen molar-refractivity contribution in [3.8, 4) is 0 Å². The van der Waals surface area contributed by atoms with Gasteiger partial charge in [0.1, 0.15) is 0 Å². The van der Waals surface area contributed by atoms with Crippen LogP contribution in [-0.4, -0.2) is 86.3 Å². The Morgan fingerprint density at radius 1 is 0.417 bits per heavy atom. The second-order valence-electron chi connectivity index (χ2n) is 4.59. The van der Waals surface area contributed by atoms with Crippen molar-refractivity contribution in [1.29, 1.82) is 0 Å². The zero-order chi connectivity index (χ0) is 17.6. The summed E-state index contributed by atoms with van der Waals surface area (Å²) in [6, 6.07) is 0. The first-order valence-corrected chi connectivity index (χ1v) is 17.3. The Hall–Kier alpha value is 2.80. The van der Waals surface area contributed by atoms with E-state index < -0.39 is 0 Å². The summed E-state index contributed by atoms with van der Waals surface area (Å²) in [7, 11) is 0. The van der Waals surface area contributed by atoms with Gasteiger partial charge in [-0.1, -0.05) is 6.92 Å². The van der Waals surface area contributed by atoms with E-state index in [1.54, 1.807) is 0 Å². The van der Waals surface area contributed by atoms with Gasteiger partial charge in [0.15, 0.2) is 0 Å². The SMILES string of the molecule is CCSCCSCCSCCSCCSCCSCCSCCS. The van der Waals surface area contributed by atoms with Crippen LogP contribution in [0.5, 0.6) is 0 Å². The number of thiol groups is 1. The van der Waals surface area contributed by atoms with Gasteiger partial charge in [0, 0.05) is 74.8 Å². The fourth-order valence-electron chi connectivity index (χ4n) is 1.53. The van der Waals surface area contributed by atoms with Crippen molar-refractivity contribution >= 4 is 95.0 Å². The highest BCUT2D eigenvalue weighted by Gasteiger charge is 1.95. The zero-order valence-corrected chi connectivity index (χ0v) is 21.5. The molecule has 0 spiro atoms. The van der Waals surface area contributed by atoms with E-state index in [1.807, 2.05) is 11.8 Å². The molecule has 0 N–H and O–H groups in total. The molecule has 0 aromatic rings. The molecule has 0 unspecified atom stereocenters. The lowest BCUT2D eigenvalue weighted by Gasteiger charge is -2.04. The first-order valence-electron chi connectivity index (χ1n) is 8.56. The van der Waals surface area contributed by atoms with Crippen LogP contribution in [-0.2, 0) is 0 Å². The molecule has 0 saturated carbocycles. The van der Waals surface area contributed by atoms with Gasteiger partial charge in [0.2, 0.25) is 0 Å². The van der Waals surface area contributed by atoms with Crippen molar-refractivity contribution in [3.63, 3.8) is 0 Å². The topological polar surface area (TPSA) is 0 Å². The Morgan fingerprint density at radius 3 is 0.917 bits per heavy atom. The van der Waals surface area contributed by atoms with Crippen molar-refractivity contribution in [2.24, 2.45) is 0 Å². The monoisotopic (exact) mass is 482 g/mol. The van der Waals surface area contributed by atoms with E-state index in [0.29, 0.717) is 0 Å². The van der Waals surface area contributed by atoms with Gasteiger partial charge in [-0.2, -0.15) is 95.0 Å². The molecule has 24 heavy (non-hydrogen) atoms. The van der Waals surface area contributed by atoms with E-state index in [1.165, 1.54) is 80.5 Å². The molecule has 0 heterocycles. The Kier molecular flexibility index (Phi) is 28.8. The van der Waals surface area contributed by atoms with E-state index in [4.69, 9.17) is 0 Å². The molecule has 0 rings (SSSR count). The summed E-state index contributed by atoms with van der Waals surface area (Å²) in [5.74, 6) is 19.4. The zero-order valence-electron chi connectivity index (χ0n) is 14.9. The maximum atomic E-state index is 4.23. The Balaban J connectivity index is 2.93. The molecule has 0 aliphatic rings. The number of hydrogen-bond acceptors (Lipinski definition) is 8. The van der Waals surface area contributed by atoms with Gasteiger partial charge in [-0.25, -0.2) is 0 Å². The molecule has 0 atom stereocenters. The van der Waals surface area contributed by atoms with Crippen LogP contribution in [0.1, 0.15) is 6.92 Å². The Morgan fingerprint density at radius 2 is 0.667 bits per heavy atom. The second kappa shape index (κ2) is 25.8. The van der Waals surface area contributed by atoms with Crippen molar-refractivity contribution in [3.05, 3.63) is 0 Å². The third-order valence-corrected chi connectivity index (χ3v) is 11.6. The molecule has 0 aromatic heterocycles. The van der Waals surface area contributed by atoms with Crippen LogP contribution in [0.2, 0.25) is 0 Å². The van der Waals surface area contributed by atoms with Gasteiger partial charge in [-0.15, -0.1) is 0 Å². The summed E-state index contributed by atoms with van der Waals surface area (Å²) in [6.07, 6.45) is 0. The number of hydrogen-bond donors (Lipinski definition) is 1. The van der Waals surface area contributed by atoms with E-state index in [2.05, 4.69) is 90.1 Å². The minimum Gasteiger partial charge on any atom is -0.179 e. The van der Waals surface area contributed by atoms with Crippen LogP contribution in [0.4, 0.5) is 0 Å². The van der Waals surface area contributed by atoms with Gasteiger partial charge in [-0.05, 0) is 11.5 Å². The Labute approximate surface area is 186 Å². The maximum Gasteiger partial charge on any atom is 0.00238 e. The third-order valence-electron chi connectivity index (χ3n) is 2.67. The second-order valence-corrected chi connectivity index (χ2v) is 13.8. The summed E-state index contributed by atoms with van der Waals surface area (Å²) >= 11 is 18.9. The highest BCUT2D eigenvalue weighted by atomic mass is 32.2. The van der Waals surface area contributed by atoms with Crippen molar-refractivity contribution in [1.82, 2.24) is 0 Å². The molecular weight excluding hydrogens is 449 g/mol. The molecule has 0 aliphatic carbocycles. The largest absolute Gasteiger partial charge is 0.179 e. The minimum atomic E-state index is 1.01. The highest BCUT2D eigenvalue weighted by molar-refractivity contribution is 8.06. The van der Waals surface area contributed by atoms with Gasteiger partial charge >= 0.3 is 0 Å². The average Bonchev–Trinajstić information content (AvgIpc) is 2.60. The van der Waals surface area contributed by atoms with E-state index >= 15 is 0 Å². The molecule has 0 fully saturated rings. The molecule has 0 aliphatic heterocycles. The first-order chi connectivity index (χ1) is 11.9. The van der Waals surface area contributed by atoms with E-state index in [9.17, 15) is 0 Å². The predicted molar refractivity (Wildman–Crippen MR) is 141 cm³/mol. The first kappa shape index (κ1) is 26.8. The number of thioether (sulfide) groups is 7. The molecular formula is C16H34S8. The molecule has 0 nitrogen and oxygen atoms in total. The minimum absolute atomic E-state index is 1.01. The lowest BCUT2D eigenvalue weighted by Crippen LogP contribution is -1.95. The van der Waals surface area contributed by atoms with Crippen LogP contribution in [0.3, 0.4) is 0 Å². The van der Waals surface area contributed by atoms with Gasteiger partial charge < -0.3 is 0 Å². The van der Waals surface area contributed by atoms with Gasteiger partial charge in [-0.3, -0.25) is 0 Å². The van der Waals surface area contributed by atoms with Crippen LogP contribution in [0.15, 0.2) is 0 Å².